The first kappa shape index (κ1) is 22.6. The molecule has 0 radical (unpaired) electrons. The average molecular weight is 410 g/mol. The van der Waals surface area contributed by atoms with Crippen molar-refractivity contribution in [1.29, 1.82) is 0 Å². The fourth-order valence-corrected chi connectivity index (χ4v) is 2.70. The summed E-state index contributed by atoms with van der Waals surface area (Å²) < 4.78 is 0. The van der Waals surface area contributed by atoms with Crippen LogP contribution in [0.1, 0.15) is 39.5 Å². The maximum absolute atomic E-state index is 12.0. The predicted octanol–water partition coefficient (Wildman–Crippen LogP) is 3.74. The topological polar surface area (TPSA) is 116 Å². The zero-order chi connectivity index (χ0) is 21.9. The largest absolute Gasteiger partial charge is 0.326 e. The van der Waals surface area contributed by atoms with E-state index in [4.69, 9.17) is 0 Å². The van der Waals surface area contributed by atoms with Crippen LogP contribution in [-0.4, -0.2) is 23.6 Å². The van der Waals surface area contributed by atoms with Crippen molar-refractivity contribution < 1.29 is 19.2 Å². The molecule has 0 aliphatic heterocycles. The number of hydrogen-bond acceptors (Lipinski definition) is 4. The SMILES string of the molecule is CC(=O)Nc1ccc(NC(=O)CCCCC(=O)Nc2ccc(NC(C)=O)cc2)cc1. The Morgan fingerprint density at radius 2 is 0.800 bits per heavy atom. The molecule has 0 spiro atoms. The van der Waals surface area contributed by atoms with Crippen molar-refractivity contribution in [2.24, 2.45) is 0 Å². The number of unbranched alkanes of at least 4 members (excludes halogenated alkanes) is 1. The molecule has 0 unspecified atom stereocenters. The van der Waals surface area contributed by atoms with Crippen LogP contribution in [0, 0.1) is 0 Å². The molecule has 2 rings (SSSR count). The molecule has 0 aliphatic carbocycles. The third kappa shape index (κ3) is 8.55. The average Bonchev–Trinajstić information content (AvgIpc) is 2.67. The van der Waals surface area contributed by atoms with E-state index in [-0.39, 0.29) is 23.6 Å². The number of anilines is 4. The van der Waals surface area contributed by atoms with Gasteiger partial charge < -0.3 is 21.3 Å². The Kier molecular flexibility index (Phi) is 8.56. The van der Waals surface area contributed by atoms with Crippen LogP contribution in [0.3, 0.4) is 0 Å². The van der Waals surface area contributed by atoms with Crippen LogP contribution >= 0.6 is 0 Å². The van der Waals surface area contributed by atoms with Crippen molar-refractivity contribution in [3.05, 3.63) is 48.5 Å². The minimum Gasteiger partial charge on any atom is -0.326 e. The number of carbonyl (C=O) groups is 4. The molecule has 4 N–H and O–H groups in total. The van der Waals surface area contributed by atoms with Crippen molar-refractivity contribution in [3.63, 3.8) is 0 Å². The molecule has 0 atom stereocenters. The Morgan fingerprint density at radius 1 is 0.533 bits per heavy atom. The first-order valence-corrected chi connectivity index (χ1v) is 9.67. The summed E-state index contributed by atoms with van der Waals surface area (Å²) in [6.45, 7) is 2.86. The quantitative estimate of drug-likeness (QED) is 0.471. The van der Waals surface area contributed by atoms with Gasteiger partial charge in [-0.15, -0.1) is 0 Å². The Hall–Kier alpha value is -3.68. The highest BCUT2D eigenvalue weighted by Crippen LogP contribution is 2.15. The van der Waals surface area contributed by atoms with E-state index >= 15 is 0 Å². The molecule has 0 saturated heterocycles. The third-order valence-electron chi connectivity index (χ3n) is 4.04. The van der Waals surface area contributed by atoms with E-state index in [0.29, 0.717) is 48.4 Å². The molecule has 8 nitrogen and oxygen atoms in total. The van der Waals surface area contributed by atoms with Crippen LogP contribution in [0.25, 0.3) is 0 Å². The molecule has 0 bridgehead atoms. The first-order chi connectivity index (χ1) is 14.3. The second kappa shape index (κ2) is 11.4. The summed E-state index contributed by atoms with van der Waals surface area (Å²) in [5.41, 5.74) is 2.62. The van der Waals surface area contributed by atoms with Gasteiger partial charge in [-0.3, -0.25) is 19.2 Å². The van der Waals surface area contributed by atoms with Gasteiger partial charge in [-0.05, 0) is 61.4 Å². The number of amides is 4. The van der Waals surface area contributed by atoms with Crippen LogP contribution in [0.5, 0.6) is 0 Å². The highest BCUT2D eigenvalue weighted by atomic mass is 16.2. The Balaban J connectivity index is 1.65. The summed E-state index contributed by atoms with van der Waals surface area (Å²) in [7, 11) is 0. The molecule has 0 fully saturated rings. The summed E-state index contributed by atoms with van der Waals surface area (Å²) in [5.74, 6) is -0.567. The van der Waals surface area contributed by atoms with Gasteiger partial charge in [0, 0.05) is 49.4 Å². The Labute approximate surface area is 175 Å². The Morgan fingerprint density at radius 3 is 1.07 bits per heavy atom. The van der Waals surface area contributed by atoms with Crippen molar-refractivity contribution >= 4 is 46.4 Å². The van der Waals surface area contributed by atoms with Gasteiger partial charge in [-0.25, -0.2) is 0 Å². The minimum absolute atomic E-state index is 0.128. The molecule has 0 aromatic heterocycles. The number of hydrogen-bond donors (Lipinski definition) is 4. The van der Waals surface area contributed by atoms with Crippen LogP contribution in [0.15, 0.2) is 48.5 Å². The van der Waals surface area contributed by atoms with Crippen LogP contribution in [0.2, 0.25) is 0 Å². The molecule has 2 aromatic rings. The van der Waals surface area contributed by atoms with E-state index in [0.717, 1.165) is 0 Å². The standard InChI is InChI=1S/C22H26N4O4/c1-15(27)23-17-7-11-19(12-8-17)25-21(29)5-3-4-6-22(30)26-20-13-9-18(10-14-20)24-16(2)28/h7-14H,3-6H2,1-2H3,(H,23,27)(H,24,28)(H,25,29)(H,26,30). The van der Waals surface area contributed by atoms with E-state index in [1.54, 1.807) is 48.5 Å². The molecular formula is C22H26N4O4. The molecular weight excluding hydrogens is 384 g/mol. The zero-order valence-electron chi connectivity index (χ0n) is 17.1. The lowest BCUT2D eigenvalue weighted by atomic mass is 10.1. The normalized spacial score (nSPS) is 10.1. The highest BCUT2D eigenvalue weighted by molar-refractivity contribution is 5.93. The van der Waals surface area contributed by atoms with Crippen LogP contribution in [0.4, 0.5) is 22.7 Å². The second-order valence-electron chi connectivity index (χ2n) is 6.82. The van der Waals surface area contributed by atoms with E-state index in [9.17, 15) is 19.2 Å². The van der Waals surface area contributed by atoms with Crippen LogP contribution < -0.4 is 21.3 Å². The predicted molar refractivity (Wildman–Crippen MR) is 117 cm³/mol. The first-order valence-electron chi connectivity index (χ1n) is 9.67. The lowest BCUT2D eigenvalue weighted by Crippen LogP contribution is -2.13. The minimum atomic E-state index is -0.155. The van der Waals surface area contributed by atoms with Crippen LogP contribution in [-0.2, 0) is 19.2 Å². The summed E-state index contributed by atoms with van der Waals surface area (Å²) >= 11 is 0. The van der Waals surface area contributed by atoms with Gasteiger partial charge in [-0.2, -0.15) is 0 Å². The summed E-state index contributed by atoms with van der Waals surface area (Å²) in [6.07, 6.45) is 1.80. The maximum atomic E-state index is 12.0. The van der Waals surface area contributed by atoms with Crippen molar-refractivity contribution in [2.45, 2.75) is 39.5 Å². The third-order valence-corrected chi connectivity index (χ3v) is 4.04. The number of nitrogens with one attached hydrogen (secondary N) is 4. The maximum Gasteiger partial charge on any atom is 0.224 e. The zero-order valence-corrected chi connectivity index (χ0v) is 17.1. The smallest absolute Gasteiger partial charge is 0.224 e. The number of benzene rings is 2. The molecule has 4 amide bonds. The summed E-state index contributed by atoms with van der Waals surface area (Å²) in [4.78, 5) is 46.0. The van der Waals surface area contributed by atoms with Crippen molar-refractivity contribution in [1.82, 2.24) is 0 Å². The molecule has 0 aliphatic rings. The lowest BCUT2D eigenvalue weighted by Gasteiger charge is -2.08. The highest BCUT2D eigenvalue weighted by Gasteiger charge is 2.06. The van der Waals surface area contributed by atoms with Gasteiger partial charge in [0.1, 0.15) is 0 Å². The molecule has 0 heterocycles. The monoisotopic (exact) mass is 410 g/mol. The summed E-state index contributed by atoms with van der Waals surface area (Å²) in [6, 6.07) is 13.7. The molecule has 0 saturated carbocycles. The number of carbonyl (C=O) groups excluding carboxylic acids is 4. The molecule has 8 heteroatoms. The van der Waals surface area contributed by atoms with Gasteiger partial charge in [-0.1, -0.05) is 0 Å². The molecule has 2 aromatic carbocycles. The van der Waals surface area contributed by atoms with Gasteiger partial charge >= 0.3 is 0 Å². The van der Waals surface area contributed by atoms with E-state index in [1.807, 2.05) is 0 Å². The fourth-order valence-electron chi connectivity index (χ4n) is 2.70. The van der Waals surface area contributed by atoms with Gasteiger partial charge in [0.2, 0.25) is 23.6 Å². The van der Waals surface area contributed by atoms with Crippen molar-refractivity contribution in [2.75, 3.05) is 21.3 Å². The molecule has 30 heavy (non-hydrogen) atoms. The van der Waals surface area contributed by atoms with Gasteiger partial charge in [0.05, 0.1) is 0 Å². The fraction of sp³-hybridized carbons (Fsp3) is 0.273. The van der Waals surface area contributed by atoms with E-state index in [2.05, 4.69) is 21.3 Å². The van der Waals surface area contributed by atoms with E-state index in [1.165, 1.54) is 13.8 Å². The van der Waals surface area contributed by atoms with Gasteiger partial charge in [0.15, 0.2) is 0 Å². The summed E-state index contributed by atoms with van der Waals surface area (Å²) in [5, 5.41) is 10.9. The second-order valence-corrected chi connectivity index (χ2v) is 6.82. The van der Waals surface area contributed by atoms with Crippen molar-refractivity contribution in [3.8, 4) is 0 Å². The van der Waals surface area contributed by atoms with Gasteiger partial charge in [0.25, 0.3) is 0 Å². The lowest BCUT2D eigenvalue weighted by molar-refractivity contribution is -0.118. The Bertz CT molecular complexity index is 817. The number of rotatable bonds is 9. The van der Waals surface area contributed by atoms with E-state index < -0.39 is 0 Å². The molecule has 158 valence electrons.